The Bertz CT molecular complexity index is 751. The molecule has 2 aliphatic heterocycles. The Morgan fingerprint density at radius 2 is 2.16 bits per heavy atom. The van der Waals surface area contributed by atoms with Crippen molar-refractivity contribution in [2.45, 2.75) is 17.4 Å². The zero-order valence-corrected chi connectivity index (χ0v) is 14.4. The molecule has 132 valence electrons. The summed E-state index contributed by atoms with van der Waals surface area (Å²) in [6.45, 7) is 0.615. The van der Waals surface area contributed by atoms with Crippen molar-refractivity contribution < 1.29 is 23.9 Å². The molecule has 3 rings (SSSR count). The molecule has 1 unspecified atom stereocenters. The molecule has 0 saturated carbocycles. The summed E-state index contributed by atoms with van der Waals surface area (Å²) in [5.74, 6) is -1.09. The average molecular weight is 363 g/mol. The molecule has 25 heavy (non-hydrogen) atoms. The summed E-state index contributed by atoms with van der Waals surface area (Å²) in [5, 5.41) is 5.39. The van der Waals surface area contributed by atoms with Crippen LogP contribution in [0.15, 0.2) is 23.1 Å². The summed E-state index contributed by atoms with van der Waals surface area (Å²) in [6.07, 6.45) is -0.203. The Balaban J connectivity index is 1.85. The van der Waals surface area contributed by atoms with E-state index in [0.717, 1.165) is 4.90 Å². The molecule has 0 aromatic heterocycles. The fourth-order valence-corrected chi connectivity index (χ4v) is 3.57. The van der Waals surface area contributed by atoms with Crippen LogP contribution in [0.1, 0.15) is 16.8 Å². The van der Waals surface area contributed by atoms with Crippen molar-refractivity contribution in [2.75, 3.05) is 31.3 Å². The van der Waals surface area contributed by atoms with Crippen molar-refractivity contribution in [3.05, 3.63) is 23.8 Å². The molecule has 1 aromatic rings. The molecule has 0 spiro atoms. The molecule has 8 nitrogen and oxygen atoms in total. The molecule has 2 N–H and O–H groups in total. The van der Waals surface area contributed by atoms with Gasteiger partial charge in [0.25, 0.3) is 5.91 Å². The van der Waals surface area contributed by atoms with Crippen molar-refractivity contribution in [1.29, 1.82) is 0 Å². The topological polar surface area (TPSA) is 105 Å². The highest BCUT2D eigenvalue weighted by Crippen LogP contribution is 2.32. The number of piperazine rings is 1. The van der Waals surface area contributed by atoms with Crippen molar-refractivity contribution in [1.82, 2.24) is 10.2 Å². The highest BCUT2D eigenvalue weighted by atomic mass is 32.2. The molecule has 0 bridgehead atoms. The Kier molecular flexibility index (Phi) is 4.93. The van der Waals surface area contributed by atoms with Crippen LogP contribution in [0.4, 0.5) is 5.69 Å². The van der Waals surface area contributed by atoms with Gasteiger partial charge in [-0.25, -0.2) is 0 Å². The number of hydrogen-bond donors (Lipinski definition) is 2. The summed E-state index contributed by atoms with van der Waals surface area (Å²) in [7, 11) is 1.24. The number of esters is 1. The lowest BCUT2D eigenvalue weighted by molar-refractivity contribution is -0.145. The van der Waals surface area contributed by atoms with E-state index in [1.165, 1.54) is 23.8 Å². The van der Waals surface area contributed by atoms with Crippen LogP contribution in [0.2, 0.25) is 0 Å². The highest BCUT2D eigenvalue weighted by molar-refractivity contribution is 8.00. The van der Waals surface area contributed by atoms with Crippen LogP contribution < -0.4 is 10.6 Å². The van der Waals surface area contributed by atoms with Gasteiger partial charge in [0, 0.05) is 23.5 Å². The molecular weight excluding hydrogens is 346 g/mol. The average Bonchev–Trinajstić information content (AvgIpc) is 2.62. The molecule has 1 fully saturated rings. The fraction of sp³-hybridized carbons (Fsp3) is 0.375. The third-order valence-corrected chi connectivity index (χ3v) is 5.11. The molecule has 1 atom stereocenters. The van der Waals surface area contributed by atoms with Gasteiger partial charge in [0.15, 0.2) is 0 Å². The zero-order chi connectivity index (χ0) is 18.0. The third-order valence-electron chi connectivity index (χ3n) is 4.04. The molecule has 9 heteroatoms. The van der Waals surface area contributed by atoms with Crippen molar-refractivity contribution in [2.24, 2.45) is 0 Å². The monoisotopic (exact) mass is 363 g/mol. The second kappa shape index (κ2) is 7.14. The first-order chi connectivity index (χ1) is 12.0. The number of nitrogens with one attached hydrogen (secondary N) is 2. The van der Waals surface area contributed by atoms with E-state index >= 15 is 0 Å². The normalized spacial score (nSPS) is 19.6. The number of rotatable bonds is 3. The number of benzene rings is 1. The molecule has 1 aromatic carbocycles. The molecular formula is C16H17N3O5S. The van der Waals surface area contributed by atoms with Gasteiger partial charge in [-0.2, -0.15) is 0 Å². The van der Waals surface area contributed by atoms with E-state index in [4.69, 9.17) is 0 Å². The highest BCUT2D eigenvalue weighted by Gasteiger charge is 2.35. The number of carbonyl (C=O) groups excluding carboxylic acids is 4. The van der Waals surface area contributed by atoms with Crippen LogP contribution in [0.5, 0.6) is 0 Å². The van der Waals surface area contributed by atoms with Gasteiger partial charge in [0.1, 0.15) is 6.04 Å². The lowest BCUT2D eigenvalue weighted by atomic mass is 10.1. The first-order valence-electron chi connectivity index (χ1n) is 7.72. The minimum Gasteiger partial charge on any atom is -0.469 e. The van der Waals surface area contributed by atoms with E-state index in [2.05, 4.69) is 15.4 Å². The van der Waals surface area contributed by atoms with Crippen LogP contribution in [0.3, 0.4) is 0 Å². The third kappa shape index (κ3) is 3.60. The molecule has 2 aliphatic rings. The fourth-order valence-electron chi connectivity index (χ4n) is 2.78. The number of hydrogen-bond acceptors (Lipinski definition) is 6. The number of fused-ring (bicyclic) bond motifs is 1. The summed E-state index contributed by atoms with van der Waals surface area (Å²) < 4.78 is 4.61. The Morgan fingerprint density at radius 1 is 1.36 bits per heavy atom. The maximum Gasteiger partial charge on any atom is 0.308 e. The van der Waals surface area contributed by atoms with Crippen molar-refractivity contribution in [3.63, 3.8) is 0 Å². The summed E-state index contributed by atoms with van der Waals surface area (Å²) in [6, 6.07) is 4.12. The summed E-state index contributed by atoms with van der Waals surface area (Å²) in [4.78, 5) is 50.3. The van der Waals surface area contributed by atoms with E-state index in [0.29, 0.717) is 30.1 Å². The van der Waals surface area contributed by atoms with Crippen LogP contribution >= 0.6 is 11.8 Å². The Hall–Kier alpha value is -2.55. The number of amides is 3. The van der Waals surface area contributed by atoms with E-state index in [9.17, 15) is 19.2 Å². The van der Waals surface area contributed by atoms with Gasteiger partial charge in [-0.1, -0.05) is 0 Å². The minimum absolute atomic E-state index is 0.122. The molecule has 0 aliphatic carbocycles. The minimum atomic E-state index is -0.909. The number of nitrogens with zero attached hydrogens (tertiary/aromatic N) is 1. The van der Waals surface area contributed by atoms with Crippen LogP contribution in [-0.2, 0) is 19.1 Å². The van der Waals surface area contributed by atoms with Gasteiger partial charge in [0.2, 0.25) is 11.8 Å². The lowest BCUT2D eigenvalue weighted by Crippen LogP contribution is -2.57. The lowest BCUT2D eigenvalue weighted by Gasteiger charge is -2.34. The predicted molar refractivity (Wildman–Crippen MR) is 90.3 cm³/mol. The van der Waals surface area contributed by atoms with Gasteiger partial charge in [-0.15, -0.1) is 11.8 Å². The van der Waals surface area contributed by atoms with Gasteiger partial charge in [0.05, 0.1) is 25.0 Å². The number of thioether (sulfide) groups is 1. The second-order valence-electron chi connectivity index (χ2n) is 5.63. The zero-order valence-electron chi connectivity index (χ0n) is 13.5. The number of methoxy groups -OCH3 is 1. The molecule has 0 radical (unpaired) electrons. The van der Waals surface area contributed by atoms with E-state index < -0.39 is 12.0 Å². The van der Waals surface area contributed by atoms with E-state index in [1.807, 2.05) is 0 Å². The standard InChI is InChI=1S/C16H17N3O5S/c1-24-14(21)7-11-15(22)17-4-5-19(11)16(23)9-2-3-12-10(6-9)18-13(20)8-25-12/h2-3,6,11H,4-5,7-8H2,1H3,(H,17,22)(H,18,20). The van der Waals surface area contributed by atoms with Gasteiger partial charge in [-0.3, -0.25) is 19.2 Å². The summed E-state index contributed by atoms with van der Waals surface area (Å²) >= 11 is 1.40. The first-order valence-corrected chi connectivity index (χ1v) is 8.70. The van der Waals surface area contributed by atoms with E-state index in [1.54, 1.807) is 18.2 Å². The van der Waals surface area contributed by atoms with Gasteiger partial charge < -0.3 is 20.3 Å². The van der Waals surface area contributed by atoms with E-state index in [-0.39, 0.29) is 24.1 Å². The quantitative estimate of drug-likeness (QED) is 0.745. The number of ether oxygens (including phenoxy) is 1. The van der Waals surface area contributed by atoms with Gasteiger partial charge >= 0.3 is 5.97 Å². The molecule has 1 saturated heterocycles. The largest absolute Gasteiger partial charge is 0.469 e. The summed E-state index contributed by atoms with van der Waals surface area (Å²) in [5.41, 5.74) is 0.934. The van der Waals surface area contributed by atoms with Crippen LogP contribution in [0.25, 0.3) is 0 Å². The molecule has 3 amide bonds. The Morgan fingerprint density at radius 3 is 2.92 bits per heavy atom. The maximum absolute atomic E-state index is 12.9. The van der Waals surface area contributed by atoms with Crippen molar-refractivity contribution >= 4 is 41.1 Å². The molecule has 2 heterocycles. The first kappa shape index (κ1) is 17.3. The number of carbonyl (C=O) groups is 4. The Labute approximate surface area is 148 Å². The maximum atomic E-state index is 12.9. The smallest absolute Gasteiger partial charge is 0.308 e. The van der Waals surface area contributed by atoms with Crippen LogP contribution in [-0.4, -0.2) is 60.6 Å². The predicted octanol–water partition coefficient (Wildman–Crippen LogP) is 0.235. The van der Waals surface area contributed by atoms with Gasteiger partial charge in [-0.05, 0) is 18.2 Å². The SMILES string of the molecule is COC(=O)CC1C(=O)NCCN1C(=O)c1ccc2c(c1)NC(=O)CS2. The van der Waals surface area contributed by atoms with Crippen LogP contribution in [0, 0.1) is 0 Å². The van der Waals surface area contributed by atoms with Crippen molar-refractivity contribution in [3.8, 4) is 0 Å². The number of anilines is 1. The second-order valence-corrected chi connectivity index (χ2v) is 6.65.